The minimum Gasteiger partial charge on any atom is -0.677 e. The van der Waals surface area contributed by atoms with Crippen LogP contribution in [0.2, 0.25) is 0 Å². The van der Waals surface area contributed by atoms with Crippen molar-refractivity contribution >= 4 is 0 Å². The van der Waals surface area contributed by atoms with Gasteiger partial charge in [0.25, 0.3) is 0 Å². The van der Waals surface area contributed by atoms with Crippen molar-refractivity contribution in [2.45, 2.75) is 13.3 Å². The van der Waals surface area contributed by atoms with E-state index in [4.69, 9.17) is 5.73 Å². The fraction of sp³-hybridized carbons (Fsp3) is 1.00. The van der Waals surface area contributed by atoms with Gasteiger partial charge in [-0.3, -0.25) is 0 Å². The van der Waals surface area contributed by atoms with E-state index in [-0.39, 0.29) is 864 Å². The second-order valence-electron chi connectivity index (χ2n) is 0.750. The van der Waals surface area contributed by atoms with Crippen LogP contribution in [0.25, 0.3) is 5.73 Å². The van der Waals surface area contributed by atoms with Crippen molar-refractivity contribution in [3.8, 4) is 0 Å². The molecule has 0 fully saturated rings. The van der Waals surface area contributed by atoms with Gasteiger partial charge >= 0.3 is 0 Å². The van der Waals surface area contributed by atoms with Crippen molar-refractivity contribution < 1.29 is 864 Å². The quantitative estimate of drug-likeness (QED) is 0.380. The molecule has 1 nitrogen and oxygen atoms in total. The van der Waals surface area contributed by atoms with Gasteiger partial charge in [-0.2, -0.15) is 6.54 Å². The summed E-state index contributed by atoms with van der Waals surface area (Å²) >= 11 is 0. The normalized spacial score (nSPS) is 0.667. The molecule has 0 radical (unpaired) electrons. The monoisotopic (exact) mass is 7600 g/mol. The van der Waals surface area contributed by atoms with Crippen molar-refractivity contribution in [2.24, 2.45) is 0 Å². The second kappa shape index (κ2) is 402. The summed E-state index contributed by atoms with van der Waals surface area (Å²) in [6.07, 6.45) is 0.986. The molecular weight excluding hydrogens is 7590 g/mol. The molecule has 0 aromatic carbocycles. The van der Waals surface area contributed by atoms with Crippen LogP contribution in [0.1, 0.15) is 13.3 Å². The first kappa shape index (κ1) is 392. The third-order valence-corrected chi connectivity index (χ3v) is 0.250. The molecule has 45 heavy (non-hydrogen) atoms. The summed E-state index contributed by atoms with van der Waals surface area (Å²) in [6.45, 7) is 2.56. The molecule has 0 atom stereocenters. The minimum atomic E-state index is 0. The van der Waals surface area contributed by atoms with E-state index in [0.717, 1.165) is 6.42 Å². The molecule has 0 aliphatic carbocycles. The van der Waals surface area contributed by atoms with Crippen LogP contribution in [0.3, 0.4) is 0 Å². The van der Waals surface area contributed by atoms with E-state index in [0.29, 0.717) is 6.54 Å². The van der Waals surface area contributed by atoms with Gasteiger partial charge in [-0.25, -0.2) is 0 Å². The second-order valence-corrected chi connectivity index (χ2v) is 0.750. The molecular formula is C3H8NW41-. The molecule has 0 amide bonds. The molecule has 0 aromatic heterocycles. The zero-order valence-corrected chi connectivity index (χ0v) is 140. The predicted molar refractivity (Wildman–Crippen MR) is 19.5 cm³/mol. The average Bonchev–Trinajstić information content (AvgIpc) is 1.37. The van der Waals surface area contributed by atoms with Crippen LogP contribution in [0.15, 0.2) is 0 Å². The Kier molecular flexibility index (Phi) is 3500. The molecule has 0 saturated heterocycles. The van der Waals surface area contributed by atoms with Gasteiger partial charge in [-0.1, -0.05) is 13.3 Å². The van der Waals surface area contributed by atoms with Crippen molar-refractivity contribution in [3.63, 3.8) is 0 Å². The maximum absolute atomic E-state index is 6.45. The molecule has 0 unspecified atom stereocenters. The van der Waals surface area contributed by atoms with E-state index in [9.17, 15) is 0 Å². The fourth-order valence-electron chi connectivity index (χ4n) is 0. The van der Waals surface area contributed by atoms with Gasteiger partial charge in [0, 0.05) is 864 Å². The molecule has 0 heterocycles. The molecule has 0 spiro atoms. The van der Waals surface area contributed by atoms with Crippen LogP contribution >= 0.6 is 0 Å². The van der Waals surface area contributed by atoms with Gasteiger partial charge in [0.2, 0.25) is 0 Å². The smallest absolute Gasteiger partial charge is 0 e. The SMILES string of the molecule is CCC[NH-].[W].[W].[W].[W].[W].[W].[W].[W].[W].[W].[W].[W].[W].[W].[W].[W].[W].[W].[W].[W].[W].[W].[W].[W].[W].[W].[W].[W].[W].[W].[W].[W].[W].[W].[W].[W].[W].[W].[W].[W].[W]. The van der Waals surface area contributed by atoms with Crippen LogP contribution in [-0.2, 0) is 864 Å². The van der Waals surface area contributed by atoms with E-state index in [1.807, 2.05) is 6.92 Å². The van der Waals surface area contributed by atoms with Gasteiger partial charge in [0.05, 0.1) is 0 Å². The molecule has 0 aliphatic rings. The van der Waals surface area contributed by atoms with Crippen LogP contribution in [-0.4, -0.2) is 6.54 Å². The Morgan fingerprint density at radius 3 is 0.200 bits per heavy atom. The third kappa shape index (κ3) is 418. The van der Waals surface area contributed by atoms with Gasteiger partial charge in [-0.05, 0) is 0 Å². The van der Waals surface area contributed by atoms with Crippen LogP contribution in [0, 0.1) is 0 Å². The molecule has 0 rings (SSSR count). The third-order valence-electron chi connectivity index (χ3n) is 0.250. The Labute approximate surface area is 863 Å². The largest absolute Gasteiger partial charge is 0.677 e. The van der Waals surface area contributed by atoms with E-state index in [1.54, 1.807) is 0 Å². The van der Waals surface area contributed by atoms with E-state index in [2.05, 4.69) is 0 Å². The molecule has 0 aliphatic heterocycles. The maximum Gasteiger partial charge on any atom is 0 e. The Morgan fingerprint density at radius 1 is 0.178 bits per heavy atom. The maximum atomic E-state index is 6.45. The van der Waals surface area contributed by atoms with Crippen molar-refractivity contribution in [1.82, 2.24) is 0 Å². The summed E-state index contributed by atoms with van der Waals surface area (Å²) in [6, 6.07) is 0. The topological polar surface area (TPSA) is 23.8 Å². The zero-order chi connectivity index (χ0) is 3.41. The summed E-state index contributed by atoms with van der Waals surface area (Å²) in [7, 11) is 0. The van der Waals surface area contributed by atoms with Gasteiger partial charge < -0.3 is 5.73 Å². The number of hydrogen-bond acceptors (Lipinski definition) is 0. The van der Waals surface area contributed by atoms with E-state index in [1.165, 1.54) is 0 Å². The Bertz CT molecular complexity index is 24.7. The molecule has 0 bridgehead atoms. The predicted octanol–water partition coefficient (Wildman–Crippen LogP) is 1.35. The number of hydrogen-bond donors (Lipinski definition) is 0. The summed E-state index contributed by atoms with van der Waals surface area (Å²) < 4.78 is 0. The molecule has 0 saturated carbocycles. The minimum absolute atomic E-state index is 0. The number of rotatable bonds is 1. The van der Waals surface area contributed by atoms with Crippen LogP contribution < -0.4 is 0 Å². The van der Waals surface area contributed by atoms with Crippen LogP contribution in [0.5, 0.6) is 0 Å². The van der Waals surface area contributed by atoms with E-state index >= 15 is 0 Å². The fourth-order valence-corrected chi connectivity index (χ4v) is 0. The van der Waals surface area contributed by atoms with Crippen molar-refractivity contribution in [1.29, 1.82) is 0 Å². The molecule has 42 heteroatoms. The van der Waals surface area contributed by atoms with Crippen molar-refractivity contribution in [2.75, 3.05) is 6.54 Å². The zero-order valence-electron chi connectivity index (χ0n) is 19.7. The van der Waals surface area contributed by atoms with Gasteiger partial charge in [0.15, 0.2) is 0 Å². The average molecular weight is 7600 g/mol. The van der Waals surface area contributed by atoms with Gasteiger partial charge in [-0.15, -0.1) is 0 Å². The summed E-state index contributed by atoms with van der Waals surface area (Å²) in [5.74, 6) is 0. The molecule has 272 valence electrons. The first-order valence-corrected chi connectivity index (χ1v) is 1.56. The first-order valence-electron chi connectivity index (χ1n) is 1.56. The summed E-state index contributed by atoms with van der Waals surface area (Å²) in [5, 5.41) is 0. The Balaban J connectivity index is -0.0000000000549. The molecule has 0 aromatic rings. The summed E-state index contributed by atoms with van der Waals surface area (Å²) in [4.78, 5) is 0. The standard InChI is InChI=1S/C3H8N.41W/c1-2-3-4;;;;;;;;;;;;;;;;;;;;;;;;;;;;;;;;;;;;;;;;;/h4H,2-3H2,1H3;;;;;;;;;;;;;;;;;;;;;;;;;;;;;;;;;;;;;;;;;/q-1;;;;;;;;;;;;;;;;;;;;;;;;;;;;;;;;;;;;;;;;;. The van der Waals surface area contributed by atoms with Crippen molar-refractivity contribution in [3.05, 3.63) is 5.73 Å². The Morgan fingerprint density at radius 2 is 0.200 bits per heavy atom. The summed E-state index contributed by atoms with van der Waals surface area (Å²) in [5.41, 5.74) is 6.45. The molecule has 1 N–H and O–H groups in total. The van der Waals surface area contributed by atoms with Crippen LogP contribution in [0.4, 0.5) is 0 Å². The Hall–Kier alpha value is 28.2. The van der Waals surface area contributed by atoms with Gasteiger partial charge in [0.1, 0.15) is 0 Å². The van der Waals surface area contributed by atoms with E-state index < -0.39 is 0 Å². The number of nitrogens with one attached hydrogen (secondary N) is 1. The first-order chi connectivity index (χ1) is 1.91.